The van der Waals surface area contributed by atoms with Gasteiger partial charge < -0.3 is 54.0 Å². The highest BCUT2D eigenvalue weighted by atomic mass is 32.2. The Bertz CT molecular complexity index is 2000. The van der Waals surface area contributed by atoms with E-state index in [4.69, 9.17) is 27.7 Å². The Morgan fingerprint density at radius 2 is 1.48 bits per heavy atom. The van der Waals surface area contributed by atoms with E-state index >= 15 is 0 Å². The molecule has 0 saturated carbocycles. The van der Waals surface area contributed by atoms with Gasteiger partial charge in [0.15, 0.2) is 18.0 Å². The minimum Gasteiger partial charge on any atom is -0.480 e. The zero-order valence-electron chi connectivity index (χ0n) is 32.2. The number of amides is 4. The maximum absolute atomic E-state index is 14.0. The lowest BCUT2D eigenvalue weighted by Crippen LogP contribution is -2.56. The van der Waals surface area contributed by atoms with Gasteiger partial charge in [-0.15, -0.1) is 23.1 Å². The number of aliphatic carboxylic acids is 1. The molecule has 1 aliphatic rings. The minimum atomic E-state index is -1.16. The van der Waals surface area contributed by atoms with E-state index in [1.54, 1.807) is 30.3 Å². The van der Waals surface area contributed by atoms with Crippen LogP contribution in [0.25, 0.3) is 10.2 Å². The number of fused-ring (bicyclic) bond motifs is 1. The van der Waals surface area contributed by atoms with Gasteiger partial charge in [0.1, 0.15) is 34.8 Å². The van der Waals surface area contributed by atoms with Gasteiger partial charge in [-0.25, -0.2) is 14.6 Å². The zero-order valence-corrected chi connectivity index (χ0v) is 33.8. The number of aliphatic imine (C=N–C) groups is 3. The molecule has 1 aromatic heterocycles. The molecule has 2 aromatic carbocycles. The Labute approximate surface area is 343 Å². The largest absolute Gasteiger partial charge is 0.480 e. The second kappa shape index (κ2) is 22.1. The van der Waals surface area contributed by atoms with Crippen LogP contribution < -0.4 is 44.2 Å². The van der Waals surface area contributed by atoms with E-state index in [-0.39, 0.29) is 63.2 Å². The van der Waals surface area contributed by atoms with Gasteiger partial charge in [-0.05, 0) is 61.8 Å². The third-order valence-corrected chi connectivity index (χ3v) is 10.7. The fourth-order valence-corrected chi connectivity index (χ4v) is 7.74. The van der Waals surface area contributed by atoms with Crippen molar-refractivity contribution in [1.29, 1.82) is 0 Å². The average Bonchev–Trinajstić information content (AvgIpc) is 3.84. The topological polar surface area (TPSA) is 317 Å². The van der Waals surface area contributed by atoms with Crippen LogP contribution in [-0.2, 0) is 30.5 Å². The number of carbonyl (C=O) groups is 5. The third kappa shape index (κ3) is 14.5. The summed E-state index contributed by atoms with van der Waals surface area (Å²) in [5.41, 5.74) is 23.8. The van der Waals surface area contributed by atoms with Crippen molar-refractivity contribution in [2.75, 3.05) is 24.2 Å². The first kappa shape index (κ1) is 44.8. The number of hydrogen-bond donors (Lipinski definition) is 9. The molecule has 1 unspecified atom stereocenters. The van der Waals surface area contributed by atoms with E-state index in [1.165, 1.54) is 23.1 Å². The predicted molar refractivity (Wildman–Crippen MR) is 225 cm³/mol. The molecule has 19 nitrogen and oxygen atoms in total. The number of benzene rings is 2. The van der Waals surface area contributed by atoms with Crippen molar-refractivity contribution >= 4 is 85.7 Å². The van der Waals surface area contributed by atoms with Gasteiger partial charge in [-0.2, -0.15) is 0 Å². The van der Waals surface area contributed by atoms with Gasteiger partial charge in [0, 0.05) is 24.5 Å². The van der Waals surface area contributed by atoms with Crippen LogP contribution in [0.2, 0.25) is 0 Å². The number of thioether (sulfide) groups is 1. The molecular formula is C37H50N12O7S2. The Morgan fingerprint density at radius 1 is 0.862 bits per heavy atom. The lowest BCUT2D eigenvalue weighted by atomic mass is 10.0. The number of carboxylic acids is 1. The Hall–Kier alpha value is -5.96. The van der Waals surface area contributed by atoms with Gasteiger partial charge >= 0.3 is 12.1 Å². The smallest absolute Gasteiger partial charge is 0.408 e. The highest BCUT2D eigenvalue weighted by Gasteiger charge is 2.31. The number of nitrogens with two attached hydrogens (primary N) is 4. The first-order valence-corrected chi connectivity index (χ1v) is 20.3. The van der Waals surface area contributed by atoms with Gasteiger partial charge in [0.2, 0.25) is 17.7 Å². The predicted octanol–water partition coefficient (Wildman–Crippen LogP) is 1.60. The molecule has 3 aromatic rings. The lowest BCUT2D eigenvalue weighted by molar-refractivity contribution is -0.137. The molecule has 13 N–H and O–H groups in total. The van der Waals surface area contributed by atoms with Crippen LogP contribution in [0.15, 0.2) is 63.5 Å². The van der Waals surface area contributed by atoms with Crippen LogP contribution >= 0.6 is 23.1 Å². The first-order valence-electron chi connectivity index (χ1n) is 18.5. The van der Waals surface area contributed by atoms with Crippen LogP contribution in [0.4, 0.5) is 10.5 Å². The molecule has 58 heavy (non-hydrogen) atoms. The number of ether oxygens (including phenoxy) is 1. The van der Waals surface area contributed by atoms with Gasteiger partial charge in [-0.1, -0.05) is 44.2 Å². The maximum Gasteiger partial charge on any atom is 0.408 e. The minimum absolute atomic E-state index is 0.00580. The normalized spacial score (nSPS) is 15.0. The number of carboxylic acid groups (broad SMARTS) is 1. The molecule has 4 amide bonds. The van der Waals surface area contributed by atoms with E-state index in [2.05, 4.69) is 41.2 Å². The second-order valence-electron chi connectivity index (χ2n) is 13.7. The molecule has 2 heterocycles. The highest BCUT2D eigenvalue weighted by molar-refractivity contribution is 8.15. The molecule has 1 aliphatic heterocycles. The number of nitrogens with zero attached hydrogens (tertiary/aromatic N) is 4. The molecule has 4 atom stereocenters. The highest BCUT2D eigenvalue weighted by Crippen LogP contribution is 2.31. The molecule has 0 radical (unpaired) electrons. The molecule has 4 rings (SSSR count). The summed E-state index contributed by atoms with van der Waals surface area (Å²) in [6, 6.07) is 10.0. The Morgan fingerprint density at radius 3 is 2.07 bits per heavy atom. The Balaban J connectivity index is 1.50. The average molecular weight is 839 g/mol. The van der Waals surface area contributed by atoms with Crippen molar-refractivity contribution in [1.82, 2.24) is 20.9 Å². The standard InChI is InChI=1S/C37H50N12O7S2/c1-20(2)16-26(49-37(55)56-18-21-8-4-3-5-9-21)31(52)46-25(11-7-15-43-36(40)41)30(51)45-24(10-6-14-42-35(38)39)29(50)44-22-12-13-23-28(17-22)58-33(47-23)32-48-27(19-57-32)34(53)54/h3-5,8-9,12-13,17,20,24-27H,6-7,10-11,14-16,18-19H2,1-2H3,(H,44,50)(H,45,51)(H,46,52)(H,49,55)(H,53,54)(H4,38,39,42)(H4,40,41,43)/t24-,25-,26-,27?/m0/s1. The van der Waals surface area contributed by atoms with E-state index < -0.39 is 54.0 Å². The maximum atomic E-state index is 14.0. The monoisotopic (exact) mass is 838 g/mol. The number of rotatable bonds is 21. The fourth-order valence-electron chi connectivity index (χ4n) is 5.64. The summed E-state index contributed by atoms with van der Waals surface area (Å²) in [7, 11) is 0. The number of thiazole rings is 1. The molecule has 0 spiro atoms. The summed E-state index contributed by atoms with van der Waals surface area (Å²) in [5.74, 6) is -2.80. The van der Waals surface area contributed by atoms with Crippen molar-refractivity contribution in [2.24, 2.45) is 43.8 Å². The molecular weight excluding hydrogens is 789 g/mol. The number of alkyl carbamates (subject to hydrolysis) is 1. The molecule has 0 fully saturated rings. The fraction of sp³-hybridized carbons (Fsp3) is 0.432. The van der Waals surface area contributed by atoms with Crippen molar-refractivity contribution in [3.8, 4) is 0 Å². The summed E-state index contributed by atoms with van der Waals surface area (Å²) in [6.07, 6.45) is 0.260. The second-order valence-corrected chi connectivity index (χ2v) is 15.7. The van der Waals surface area contributed by atoms with E-state index in [1.807, 2.05) is 32.0 Å². The number of guanidine groups is 2. The SMILES string of the molecule is CC(C)C[C@H](NC(=O)OCc1ccccc1)C(=O)N[C@@H](CCCN=C(N)N)C(=O)N[C@@H](CCCN=C(N)N)C(=O)Nc1ccc2nc(C3=NC(C(=O)O)CS3)sc2c1. The summed E-state index contributed by atoms with van der Waals surface area (Å²) in [4.78, 5) is 82.5. The van der Waals surface area contributed by atoms with Crippen molar-refractivity contribution in [2.45, 2.75) is 76.7 Å². The van der Waals surface area contributed by atoms with Crippen LogP contribution in [-0.4, -0.2) is 99.8 Å². The summed E-state index contributed by atoms with van der Waals surface area (Å²) >= 11 is 2.62. The van der Waals surface area contributed by atoms with E-state index in [9.17, 15) is 29.1 Å². The Kier molecular flexibility index (Phi) is 17.1. The quantitative estimate of drug-likeness (QED) is 0.0419. The third-order valence-electron chi connectivity index (χ3n) is 8.46. The number of anilines is 1. The van der Waals surface area contributed by atoms with Crippen molar-refractivity contribution < 1.29 is 33.8 Å². The molecule has 0 aliphatic carbocycles. The van der Waals surface area contributed by atoms with E-state index in [0.717, 1.165) is 10.3 Å². The molecule has 0 saturated heterocycles. The number of nitrogens with one attached hydrogen (secondary N) is 4. The molecule has 21 heteroatoms. The van der Waals surface area contributed by atoms with Crippen LogP contribution in [0.1, 0.15) is 56.5 Å². The van der Waals surface area contributed by atoms with Crippen LogP contribution in [0.5, 0.6) is 0 Å². The summed E-state index contributed by atoms with van der Waals surface area (Å²) < 4.78 is 6.07. The zero-order chi connectivity index (χ0) is 42.2. The molecule has 312 valence electrons. The van der Waals surface area contributed by atoms with Gasteiger partial charge in [0.25, 0.3) is 0 Å². The first-order chi connectivity index (χ1) is 27.7. The van der Waals surface area contributed by atoms with Crippen LogP contribution in [0.3, 0.4) is 0 Å². The number of hydrogen-bond acceptors (Lipinski definition) is 12. The summed E-state index contributed by atoms with van der Waals surface area (Å²) in [5, 5.41) is 21.4. The number of carbonyl (C=O) groups excluding carboxylic acids is 4. The molecule has 0 bridgehead atoms. The summed E-state index contributed by atoms with van der Waals surface area (Å²) in [6.45, 7) is 4.11. The van der Waals surface area contributed by atoms with Gasteiger partial charge in [0.05, 0.1) is 10.2 Å². The lowest BCUT2D eigenvalue weighted by Gasteiger charge is -2.26. The van der Waals surface area contributed by atoms with Crippen LogP contribution in [0, 0.1) is 5.92 Å². The van der Waals surface area contributed by atoms with E-state index in [0.29, 0.717) is 33.4 Å². The van der Waals surface area contributed by atoms with Crippen molar-refractivity contribution in [3.05, 3.63) is 59.1 Å². The number of aromatic nitrogens is 1. The van der Waals surface area contributed by atoms with Gasteiger partial charge in [-0.3, -0.25) is 29.4 Å². The van der Waals surface area contributed by atoms with Crippen molar-refractivity contribution in [3.63, 3.8) is 0 Å².